The Bertz CT molecular complexity index is 578. The van der Waals surface area contributed by atoms with Crippen molar-refractivity contribution in [3.8, 4) is 5.75 Å². The van der Waals surface area contributed by atoms with Crippen molar-refractivity contribution in [2.75, 3.05) is 13.2 Å². The molecule has 2 unspecified atom stereocenters. The van der Waals surface area contributed by atoms with Crippen LogP contribution in [0.5, 0.6) is 5.75 Å². The molecule has 1 aliphatic heterocycles. The molecular formula is C19H26O6. The van der Waals surface area contributed by atoms with E-state index >= 15 is 0 Å². The highest BCUT2D eigenvalue weighted by Crippen LogP contribution is 2.24. The number of hydrogen-bond donors (Lipinski definition) is 1. The van der Waals surface area contributed by atoms with E-state index in [0.29, 0.717) is 26.1 Å². The van der Waals surface area contributed by atoms with Gasteiger partial charge in [0.1, 0.15) is 17.5 Å². The minimum atomic E-state index is -1.06. The number of rotatable bonds is 9. The lowest BCUT2D eigenvalue weighted by molar-refractivity contribution is -0.146. The van der Waals surface area contributed by atoms with Gasteiger partial charge in [-0.25, -0.2) is 0 Å². The molecule has 1 saturated heterocycles. The summed E-state index contributed by atoms with van der Waals surface area (Å²) in [4.78, 5) is 22.3. The molecule has 6 heteroatoms. The number of carboxylic acids is 1. The maximum atomic E-state index is 11.3. The molecule has 0 aliphatic carbocycles. The first-order valence-electron chi connectivity index (χ1n) is 8.53. The number of carbonyl (C=O) groups is 2. The van der Waals surface area contributed by atoms with Gasteiger partial charge in [-0.2, -0.15) is 0 Å². The summed E-state index contributed by atoms with van der Waals surface area (Å²) in [7, 11) is 0. The Morgan fingerprint density at radius 3 is 2.52 bits per heavy atom. The quantitative estimate of drug-likeness (QED) is 0.690. The lowest BCUT2D eigenvalue weighted by atomic mass is 9.96. The van der Waals surface area contributed by atoms with Gasteiger partial charge in [-0.1, -0.05) is 12.1 Å². The van der Waals surface area contributed by atoms with E-state index in [1.54, 1.807) is 0 Å². The van der Waals surface area contributed by atoms with E-state index < -0.39 is 17.7 Å². The highest BCUT2D eigenvalue weighted by atomic mass is 16.7. The van der Waals surface area contributed by atoms with Crippen molar-refractivity contribution in [2.24, 2.45) is 5.92 Å². The van der Waals surface area contributed by atoms with E-state index in [0.717, 1.165) is 17.7 Å². The molecule has 6 nitrogen and oxygen atoms in total. The summed E-state index contributed by atoms with van der Waals surface area (Å²) in [6.45, 7) is 6.22. The molecule has 0 aromatic heterocycles. The minimum absolute atomic E-state index is 0.0498. The van der Waals surface area contributed by atoms with Gasteiger partial charge in [-0.15, -0.1) is 0 Å². The van der Waals surface area contributed by atoms with E-state index in [-0.39, 0.29) is 11.9 Å². The molecule has 1 aromatic carbocycles. The van der Waals surface area contributed by atoms with E-state index in [1.165, 1.54) is 6.92 Å². The maximum absolute atomic E-state index is 11.3. The number of ether oxygens (including phenoxy) is 3. The molecule has 0 radical (unpaired) electrons. The van der Waals surface area contributed by atoms with Crippen LogP contribution in [0.25, 0.3) is 0 Å². The SMILES string of the molecule is CC(=O)C(CCc1ccc(OCCC2COC(C)(C)O2)cc1)C(=O)O. The molecule has 0 bridgehead atoms. The van der Waals surface area contributed by atoms with Gasteiger partial charge < -0.3 is 19.3 Å². The van der Waals surface area contributed by atoms with E-state index in [4.69, 9.17) is 19.3 Å². The van der Waals surface area contributed by atoms with Crippen molar-refractivity contribution in [3.63, 3.8) is 0 Å². The van der Waals surface area contributed by atoms with Crippen molar-refractivity contribution < 1.29 is 28.9 Å². The number of benzene rings is 1. The largest absolute Gasteiger partial charge is 0.493 e. The number of aryl methyl sites for hydroxylation is 1. The van der Waals surface area contributed by atoms with Crippen LogP contribution >= 0.6 is 0 Å². The van der Waals surface area contributed by atoms with Gasteiger partial charge in [0.25, 0.3) is 0 Å². The van der Waals surface area contributed by atoms with Crippen LogP contribution in [0.2, 0.25) is 0 Å². The number of carboxylic acid groups (broad SMARTS) is 1. The van der Waals surface area contributed by atoms with Gasteiger partial charge in [-0.05, 0) is 51.3 Å². The number of ketones is 1. The number of carbonyl (C=O) groups excluding carboxylic acids is 1. The van der Waals surface area contributed by atoms with Gasteiger partial charge in [0.15, 0.2) is 5.79 Å². The molecule has 1 N–H and O–H groups in total. The molecule has 1 aromatic rings. The summed E-state index contributed by atoms with van der Waals surface area (Å²) in [5, 5.41) is 9.03. The van der Waals surface area contributed by atoms with Crippen molar-refractivity contribution >= 4 is 11.8 Å². The Kier molecular flexibility index (Phi) is 6.56. The third kappa shape index (κ3) is 6.14. The van der Waals surface area contributed by atoms with Crippen LogP contribution in [0.3, 0.4) is 0 Å². The monoisotopic (exact) mass is 350 g/mol. The predicted molar refractivity (Wildman–Crippen MR) is 91.6 cm³/mol. The zero-order chi connectivity index (χ0) is 18.4. The second-order valence-corrected chi connectivity index (χ2v) is 6.77. The molecule has 138 valence electrons. The molecule has 1 fully saturated rings. The van der Waals surface area contributed by atoms with Crippen molar-refractivity contribution in [2.45, 2.75) is 51.9 Å². The van der Waals surface area contributed by atoms with Crippen molar-refractivity contribution in [1.29, 1.82) is 0 Å². The highest BCUT2D eigenvalue weighted by molar-refractivity contribution is 5.96. The first-order chi connectivity index (χ1) is 11.8. The summed E-state index contributed by atoms with van der Waals surface area (Å²) in [6.07, 6.45) is 1.65. The summed E-state index contributed by atoms with van der Waals surface area (Å²) in [6, 6.07) is 7.50. The Morgan fingerprint density at radius 1 is 1.32 bits per heavy atom. The first kappa shape index (κ1) is 19.4. The Balaban J connectivity index is 1.74. The van der Waals surface area contributed by atoms with Gasteiger partial charge in [0, 0.05) is 6.42 Å². The molecule has 0 saturated carbocycles. The lowest BCUT2D eigenvalue weighted by Crippen LogP contribution is -2.22. The second kappa shape index (κ2) is 8.45. The van der Waals surface area contributed by atoms with E-state index in [2.05, 4.69) is 0 Å². The maximum Gasteiger partial charge on any atom is 0.314 e. The zero-order valence-corrected chi connectivity index (χ0v) is 15.0. The molecular weight excluding hydrogens is 324 g/mol. The average molecular weight is 350 g/mol. The van der Waals surface area contributed by atoms with Crippen molar-refractivity contribution in [3.05, 3.63) is 29.8 Å². The van der Waals surface area contributed by atoms with Gasteiger partial charge in [-0.3, -0.25) is 9.59 Å². The van der Waals surface area contributed by atoms with Gasteiger partial charge >= 0.3 is 5.97 Å². The molecule has 2 atom stereocenters. The number of aliphatic carboxylic acids is 1. The predicted octanol–water partition coefficient (Wildman–Crippen LogP) is 2.83. The van der Waals surface area contributed by atoms with Crippen LogP contribution in [0, 0.1) is 5.92 Å². The second-order valence-electron chi connectivity index (χ2n) is 6.77. The molecule has 2 rings (SSSR count). The van der Waals surface area contributed by atoms with Crippen LogP contribution in [0.15, 0.2) is 24.3 Å². The topological polar surface area (TPSA) is 82.1 Å². The normalized spacial score (nSPS) is 20.2. The minimum Gasteiger partial charge on any atom is -0.493 e. The number of hydrogen-bond acceptors (Lipinski definition) is 5. The Hall–Kier alpha value is -1.92. The standard InChI is InChI=1S/C19H26O6/c1-13(20)17(18(21)22)9-6-14-4-7-15(8-5-14)23-11-10-16-12-24-19(2,3)25-16/h4-5,7-8,16-17H,6,9-12H2,1-3H3,(H,21,22). The zero-order valence-electron chi connectivity index (χ0n) is 15.0. The van der Waals surface area contributed by atoms with Crippen LogP contribution < -0.4 is 4.74 Å². The Morgan fingerprint density at radius 2 is 2.00 bits per heavy atom. The molecule has 0 spiro atoms. The summed E-state index contributed by atoms with van der Waals surface area (Å²) in [5.74, 6) is -2.07. The summed E-state index contributed by atoms with van der Waals surface area (Å²) < 4.78 is 16.9. The van der Waals surface area contributed by atoms with Crippen LogP contribution in [0.1, 0.15) is 39.2 Å². The van der Waals surface area contributed by atoms with E-state index in [1.807, 2.05) is 38.1 Å². The van der Waals surface area contributed by atoms with Gasteiger partial charge in [0.05, 0.1) is 19.3 Å². The fourth-order valence-corrected chi connectivity index (χ4v) is 2.78. The van der Waals surface area contributed by atoms with Crippen LogP contribution in [-0.4, -0.2) is 42.0 Å². The molecule has 1 heterocycles. The smallest absolute Gasteiger partial charge is 0.314 e. The average Bonchev–Trinajstić information content (AvgIpc) is 2.87. The molecule has 25 heavy (non-hydrogen) atoms. The third-order valence-corrected chi connectivity index (χ3v) is 4.21. The molecule has 0 amide bonds. The van der Waals surface area contributed by atoms with Gasteiger partial charge in [0.2, 0.25) is 0 Å². The van der Waals surface area contributed by atoms with E-state index in [9.17, 15) is 9.59 Å². The third-order valence-electron chi connectivity index (χ3n) is 4.21. The van der Waals surface area contributed by atoms with Crippen molar-refractivity contribution in [1.82, 2.24) is 0 Å². The fourth-order valence-electron chi connectivity index (χ4n) is 2.78. The van der Waals surface area contributed by atoms with Crippen LogP contribution in [0.4, 0.5) is 0 Å². The first-order valence-corrected chi connectivity index (χ1v) is 8.53. The summed E-state index contributed by atoms with van der Waals surface area (Å²) in [5.41, 5.74) is 0.981. The fraction of sp³-hybridized carbons (Fsp3) is 0.579. The lowest BCUT2D eigenvalue weighted by Gasteiger charge is -2.17. The molecule has 1 aliphatic rings. The van der Waals surface area contributed by atoms with Crippen LogP contribution in [-0.2, 0) is 25.5 Å². The summed E-state index contributed by atoms with van der Waals surface area (Å²) >= 11 is 0. The number of Topliss-reactive ketones (excluding diaryl/α,β-unsaturated/α-hetero) is 1. The Labute approximate surface area is 148 Å². The highest BCUT2D eigenvalue weighted by Gasteiger charge is 2.32.